The molecule has 2 aliphatic rings. The molecule has 1 saturated heterocycles. The summed E-state index contributed by atoms with van der Waals surface area (Å²) in [5, 5.41) is 0.730. The standard InChI is InChI=1S/C12H16FN3O5/c1-3-20-11(18)9(13)21-16-7-4-6(2)8(10(14)17)15(5-7)12(16)19/h4,7-9H,3,5H2,1-2H3,(H2,14,17)/t7-,8-,9+/m0/s1. The zero-order chi connectivity index (χ0) is 15.7. The molecule has 116 valence electrons. The van der Waals surface area contributed by atoms with E-state index >= 15 is 0 Å². The first-order valence-electron chi connectivity index (χ1n) is 6.41. The number of halogens is 1. The predicted molar refractivity (Wildman–Crippen MR) is 67.1 cm³/mol. The van der Waals surface area contributed by atoms with Crippen molar-refractivity contribution in [2.45, 2.75) is 32.3 Å². The lowest BCUT2D eigenvalue weighted by Crippen LogP contribution is -2.48. The number of alkyl halides is 1. The van der Waals surface area contributed by atoms with E-state index in [4.69, 9.17) is 10.6 Å². The van der Waals surface area contributed by atoms with E-state index in [1.807, 2.05) is 0 Å². The number of amides is 3. The Morgan fingerprint density at radius 3 is 2.81 bits per heavy atom. The summed E-state index contributed by atoms with van der Waals surface area (Å²) in [7, 11) is 0. The Morgan fingerprint density at radius 1 is 1.57 bits per heavy atom. The van der Waals surface area contributed by atoms with Crippen LogP contribution in [0.1, 0.15) is 13.8 Å². The van der Waals surface area contributed by atoms with Gasteiger partial charge in [-0.05, 0) is 19.4 Å². The number of carbonyl (C=O) groups is 3. The molecular formula is C12H16FN3O5. The van der Waals surface area contributed by atoms with Crippen LogP contribution in [0.25, 0.3) is 0 Å². The first-order valence-corrected chi connectivity index (χ1v) is 6.41. The summed E-state index contributed by atoms with van der Waals surface area (Å²) in [5.41, 5.74) is 5.83. The average molecular weight is 301 g/mol. The number of primary amides is 1. The first kappa shape index (κ1) is 15.2. The second-order valence-electron chi connectivity index (χ2n) is 4.72. The highest BCUT2D eigenvalue weighted by Crippen LogP contribution is 2.29. The highest BCUT2D eigenvalue weighted by Gasteiger charge is 2.48. The Balaban J connectivity index is 2.13. The lowest BCUT2D eigenvalue weighted by molar-refractivity contribution is -0.223. The maximum absolute atomic E-state index is 13.6. The van der Waals surface area contributed by atoms with Crippen LogP contribution in [0.15, 0.2) is 11.6 Å². The molecule has 3 amide bonds. The van der Waals surface area contributed by atoms with Crippen LogP contribution in [-0.2, 0) is 19.2 Å². The first-order chi connectivity index (χ1) is 9.86. The van der Waals surface area contributed by atoms with Crippen molar-refractivity contribution < 1.29 is 28.3 Å². The van der Waals surface area contributed by atoms with Gasteiger partial charge in [0.05, 0.1) is 19.2 Å². The number of hydrogen-bond acceptors (Lipinski definition) is 5. The number of carbonyl (C=O) groups excluding carboxylic acids is 3. The zero-order valence-electron chi connectivity index (χ0n) is 11.6. The predicted octanol–water partition coefficient (Wildman–Crippen LogP) is -0.303. The summed E-state index contributed by atoms with van der Waals surface area (Å²) in [6.45, 7) is 3.30. The molecule has 2 rings (SSSR count). The molecule has 0 radical (unpaired) electrons. The van der Waals surface area contributed by atoms with Crippen molar-refractivity contribution in [3.63, 3.8) is 0 Å². The van der Waals surface area contributed by atoms with Crippen LogP contribution < -0.4 is 5.73 Å². The van der Waals surface area contributed by atoms with E-state index in [0.717, 1.165) is 5.06 Å². The van der Waals surface area contributed by atoms with Crippen LogP contribution >= 0.6 is 0 Å². The smallest absolute Gasteiger partial charge is 0.370 e. The highest BCUT2D eigenvalue weighted by atomic mass is 19.1. The summed E-state index contributed by atoms with van der Waals surface area (Å²) in [6, 6.07) is -2.19. The van der Waals surface area contributed by atoms with E-state index in [1.54, 1.807) is 13.0 Å². The minimum Gasteiger partial charge on any atom is -0.462 e. The normalized spacial score (nSPS) is 25.7. The summed E-state index contributed by atoms with van der Waals surface area (Å²) in [4.78, 5) is 40.6. The van der Waals surface area contributed by atoms with E-state index in [0.29, 0.717) is 5.57 Å². The highest BCUT2D eigenvalue weighted by molar-refractivity contribution is 5.90. The Labute approximate surface area is 120 Å². The lowest BCUT2D eigenvalue weighted by atomic mass is 10.0. The molecule has 1 fully saturated rings. The largest absolute Gasteiger partial charge is 0.462 e. The lowest BCUT2D eigenvalue weighted by Gasteiger charge is -2.27. The van der Waals surface area contributed by atoms with Crippen molar-refractivity contribution in [2.75, 3.05) is 13.2 Å². The molecule has 0 unspecified atom stereocenters. The van der Waals surface area contributed by atoms with E-state index in [9.17, 15) is 18.8 Å². The quantitative estimate of drug-likeness (QED) is 0.554. The zero-order valence-corrected chi connectivity index (χ0v) is 11.6. The second-order valence-corrected chi connectivity index (χ2v) is 4.72. The molecule has 0 aromatic carbocycles. The van der Waals surface area contributed by atoms with E-state index in [-0.39, 0.29) is 13.2 Å². The number of nitrogens with zero attached hydrogens (tertiary/aromatic N) is 2. The molecule has 0 aromatic rings. The molecule has 0 aromatic heterocycles. The molecule has 21 heavy (non-hydrogen) atoms. The average Bonchev–Trinajstić information content (AvgIpc) is 2.64. The molecule has 0 saturated carbocycles. The fourth-order valence-electron chi connectivity index (χ4n) is 2.45. The number of hydroxylamine groups is 2. The van der Waals surface area contributed by atoms with Crippen molar-refractivity contribution in [1.82, 2.24) is 9.96 Å². The van der Waals surface area contributed by atoms with Gasteiger partial charge < -0.3 is 15.4 Å². The van der Waals surface area contributed by atoms with Gasteiger partial charge in [0.15, 0.2) is 0 Å². The Bertz CT molecular complexity index is 509. The number of nitrogens with two attached hydrogens (primary N) is 1. The molecule has 0 aliphatic carbocycles. The van der Waals surface area contributed by atoms with Gasteiger partial charge in [-0.1, -0.05) is 6.08 Å². The topological polar surface area (TPSA) is 102 Å². The van der Waals surface area contributed by atoms with E-state index in [2.05, 4.69) is 4.74 Å². The van der Waals surface area contributed by atoms with Crippen molar-refractivity contribution >= 4 is 17.9 Å². The maximum Gasteiger partial charge on any atom is 0.370 e. The van der Waals surface area contributed by atoms with Crippen molar-refractivity contribution in [1.29, 1.82) is 0 Å². The van der Waals surface area contributed by atoms with Crippen LogP contribution in [0.2, 0.25) is 0 Å². The molecular weight excluding hydrogens is 285 g/mol. The van der Waals surface area contributed by atoms with Crippen molar-refractivity contribution in [3.8, 4) is 0 Å². The number of esters is 1. The minimum atomic E-state index is -2.41. The second kappa shape index (κ2) is 5.68. The minimum absolute atomic E-state index is 0.00509. The summed E-state index contributed by atoms with van der Waals surface area (Å²) in [5.74, 6) is -1.89. The van der Waals surface area contributed by atoms with Gasteiger partial charge in [-0.3, -0.25) is 4.79 Å². The third-order valence-corrected chi connectivity index (χ3v) is 3.26. The maximum atomic E-state index is 13.6. The summed E-state index contributed by atoms with van der Waals surface area (Å²) < 4.78 is 18.1. The van der Waals surface area contributed by atoms with Gasteiger partial charge in [0.25, 0.3) is 0 Å². The molecule has 2 bridgehead atoms. The van der Waals surface area contributed by atoms with Crippen LogP contribution in [0.4, 0.5) is 9.18 Å². The third-order valence-electron chi connectivity index (χ3n) is 3.26. The number of urea groups is 1. The summed E-state index contributed by atoms with van der Waals surface area (Å²) >= 11 is 0. The van der Waals surface area contributed by atoms with Crippen molar-refractivity contribution in [2.24, 2.45) is 5.73 Å². The Hall–Kier alpha value is -2.16. The third kappa shape index (κ3) is 2.68. The van der Waals surface area contributed by atoms with E-state index in [1.165, 1.54) is 11.8 Å². The molecule has 9 heteroatoms. The fraction of sp³-hybridized carbons (Fsp3) is 0.583. The molecule has 2 N–H and O–H groups in total. The van der Waals surface area contributed by atoms with Crippen LogP contribution in [0.5, 0.6) is 0 Å². The van der Waals surface area contributed by atoms with Gasteiger partial charge in [0.2, 0.25) is 5.91 Å². The van der Waals surface area contributed by atoms with E-state index < -0.39 is 36.3 Å². The van der Waals surface area contributed by atoms with Gasteiger partial charge in [-0.2, -0.15) is 5.06 Å². The molecule has 3 atom stereocenters. The molecule has 8 nitrogen and oxygen atoms in total. The Morgan fingerprint density at radius 2 is 2.24 bits per heavy atom. The van der Waals surface area contributed by atoms with Gasteiger partial charge >= 0.3 is 18.4 Å². The Kier molecular flexibility index (Phi) is 4.12. The van der Waals surface area contributed by atoms with Crippen LogP contribution in [0.3, 0.4) is 0 Å². The monoisotopic (exact) mass is 301 g/mol. The van der Waals surface area contributed by atoms with Crippen LogP contribution in [-0.4, -0.2) is 59.5 Å². The molecule has 2 heterocycles. The summed E-state index contributed by atoms with van der Waals surface area (Å²) in [6.07, 6.45) is -0.815. The van der Waals surface area contributed by atoms with Gasteiger partial charge in [-0.25, -0.2) is 18.8 Å². The number of ether oxygens (including phenoxy) is 1. The van der Waals surface area contributed by atoms with Crippen LogP contribution in [0, 0.1) is 0 Å². The van der Waals surface area contributed by atoms with Gasteiger partial charge in [0, 0.05) is 0 Å². The van der Waals surface area contributed by atoms with Gasteiger partial charge in [0.1, 0.15) is 6.04 Å². The fourth-order valence-corrected chi connectivity index (χ4v) is 2.45. The molecule has 0 spiro atoms. The number of fused-ring (bicyclic) bond motifs is 2. The SMILES string of the molecule is CCOC(=O)[C@H](F)ON1C(=O)N2C[C@@H]1C=C(C)[C@H]2C(N)=O. The van der Waals surface area contributed by atoms with Crippen molar-refractivity contribution in [3.05, 3.63) is 11.6 Å². The van der Waals surface area contributed by atoms with Gasteiger partial charge in [-0.15, -0.1) is 0 Å². The number of rotatable bonds is 5. The number of hydrogen-bond donors (Lipinski definition) is 1. The molecule has 2 aliphatic heterocycles.